The molecule has 0 aliphatic carbocycles. The first-order chi connectivity index (χ1) is 9.36. The summed E-state index contributed by atoms with van der Waals surface area (Å²) in [5.74, 6) is -2.09. The molecule has 1 rings (SSSR count). The van der Waals surface area contributed by atoms with E-state index in [0.717, 1.165) is 5.56 Å². The summed E-state index contributed by atoms with van der Waals surface area (Å²) in [4.78, 5) is 22.6. The van der Waals surface area contributed by atoms with Gasteiger partial charge in [-0.2, -0.15) is 0 Å². The number of methoxy groups -OCH3 is 1. The number of carbonyl (C=O) groups is 2. The van der Waals surface area contributed by atoms with Crippen molar-refractivity contribution in [1.29, 1.82) is 0 Å². The topological polar surface area (TPSA) is 83.8 Å². The van der Waals surface area contributed by atoms with Crippen LogP contribution in [-0.2, 0) is 16.0 Å². The average Bonchev–Trinajstić information content (AvgIpc) is 2.37. The second-order valence-corrected chi connectivity index (χ2v) is 4.68. The van der Waals surface area contributed by atoms with Gasteiger partial charge in [0.15, 0.2) is 0 Å². The SMILES string of the molecule is COc1ccc(C/C(C(=O)O)=C(/C(=O)O)C(C)C)cc1.[NaH].[NaH]. The van der Waals surface area contributed by atoms with Crippen LogP contribution in [0, 0.1) is 5.92 Å². The number of hydrogen-bond donors (Lipinski definition) is 2. The van der Waals surface area contributed by atoms with Crippen LogP contribution in [0.4, 0.5) is 0 Å². The van der Waals surface area contributed by atoms with Crippen molar-refractivity contribution in [2.75, 3.05) is 7.11 Å². The van der Waals surface area contributed by atoms with Gasteiger partial charge in [0.05, 0.1) is 18.3 Å². The predicted molar refractivity (Wildman–Crippen MR) is 88.1 cm³/mol. The molecule has 2 N–H and O–H groups in total. The monoisotopic (exact) mass is 326 g/mol. The quantitative estimate of drug-likeness (QED) is 0.603. The molecule has 0 heterocycles. The molecule has 0 saturated carbocycles. The van der Waals surface area contributed by atoms with E-state index in [2.05, 4.69) is 0 Å². The molecule has 0 aromatic heterocycles. The summed E-state index contributed by atoms with van der Waals surface area (Å²) in [5, 5.41) is 18.4. The Labute approximate surface area is 174 Å². The van der Waals surface area contributed by atoms with E-state index in [1.165, 1.54) is 0 Å². The fourth-order valence-electron chi connectivity index (χ4n) is 1.96. The summed E-state index contributed by atoms with van der Waals surface area (Å²) < 4.78 is 5.02. The summed E-state index contributed by atoms with van der Waals surface area (Å²) in [6, 6.07) is 6.87. The minimum atomic E-state index is -1.20. The molecule has 0 unspecified atom stereocenters. The number of aliphatic carboxylic acids is 2. The first kappa shape index (κ1) is 24.0. The van der Waals surface area contributed by atoms with Gasteiger partial charge >= 0.3 is 71.1 Å². The van der Waals surface area contributed by atoms with Crippen molar-refractivity contribution in [3.8, 4) is 5.75 Å². The maximum absolute atomic E-state index is 11.3. The maximum atomic E-state index is 11.3. The Morgan fingerprint density at radius 2 is 1.55 bits per heavy atom. The Morgan fingerprint density at radius 1 is 1.05 bits per heavy atom. The Balaban J connectivity index is 0. The first-order valence-corrected chi connectivity index (χ1v) is 6.19. The molecule has 0 aliphatic heterocycles. The van der Waals surface area contributed by atoms with Gasteiger partial charge in [0.1, 0.15) is 5.75 Å². The van der Waals surface area contributed by atoms with E-state index < -0.39 is 11.9 Å². The third kappa shape index (κ3) is 6.86. The van der Waals surface area contributed by atoms with E-state index in [0.29, 0.717) is 5.75 Å². The fourth-order valence-corrected chi connectivity index (χ4v) is 1.96. The van der Waals surface area contributed by atoms with Crippen LogP contribution < -0.4 is 4.74 Å². The van der Waals surface area contributed by atoms with Crippen LogP contribution in [0.25, 0.3) is 0 Å². The van der Waals surface area contributed by atoms with Crippen LogP contribution >= 0.6 is 0 Å². The molecule has 0 spiro atoms. The van der Waals surface area contributed by atoms with Gasteiger partial charge < -0.3 is 14.9 Å². The van der Waals surface area contributed by atoms with Crippen molar-refractivity contribution in [1.82, 2.24) is 0 Å². The van der Waals surface area contributed by atoms with Crippen LogP contribution in [0.15, 0.2) is 35.4 Å². The second-order valence-electron chi connectivity index (χ2n) is 4.68. The van der Waals surface area contributed by atoms with Crippen molar-refractivity contribution in [3.05, 3.63) is 41.0 Å². The Morgan fingerprint density at radius 3 is 1.86 bits per heavy atom. The van der Waals surface area contributed by atoms with Crippen molar-refractivity contribution in [2.24, 2.45) is 5.92 Å². The molecule has 0 atom stereocenters. The molecule has 0 amide bonds. The predicted octanol–water partition coefficient (Wildman–Crippen LogP) is 1.06. The van der Waals surface area contributed by atoms with Crippen LogP contribution in [0.2, 0.25) is 0 Å². The molecule has 22 heavy (non-hydrogen) atoms. The molecule has 5 nitrogen and oxygen atoms in total. The number of ether oxygens (including phenoxy) is 1. The van der Waals surface area contributed by atoms with E-state index in [-0.39, 0.29) is 82.6 Å². The zero-order valence-corrected chi connectivity index (χ0v) is 11.7. The van der Waals surface area contributed by atoms with Gasteiger partial charge in [-0.3, -0.25) is 0 Å². The molecule has 1 aromatic rings. The molecule has 0 fully saturated rings. The first-order valence-electron chi connectivity index (χ1n) is 6.19. The average molecular weight is 326 g/mol. The van der Waals surface area contributed by atoms with Crippen LogP contribution in [0.1, 0.15) is 19.4 Å². The van der Waals surface area contributed by atoms with Gasteiger partial charge in [-0.15, -0.1) is 0 Å². The zero-order valence-electron chi connectivity index (χ0n) is 11.7. The van der Waals surface area contributed by atoms with Crippen LogP contribution in [-0.4, -0.2) is 88.4 Å². The van der Waals surface area contributed by atoms with Gasteiger partial charge in [0.2, 0.25) is 0 Å². The molecule has 112 valence electrons. The van der Waals surface area contributed by atoms with Gasteiger partial charge in [0, 0.05) is 6.42 Å². The fraction of sp³-hybridized carbons (Fsp3) is 0.333. The minimum absolute atomic E-state index is 0. The van der Waals surface area contributed by atoms with Crippen LogP contribution in [0.5, 0.6) is 5.75 Å². The Kier molecular flexibility index (Phi) is 12.3. The number of hydrogen-bond acceptors (Lipinski definition) is 3. The summed E-state index contributed by atoms with van der Waals surface area (Å²) in [5.41, 5.74) is 0.577. The van der Waals surface area contributed by atoms with Gasteiger partial charge in [-0.1, -0.05) is 26.0 Å². The number of carboxylic acids is 2. The summed E-state index contributed by atoms with van der Waals surface area (Å²) in [6.07, 6.45) is 0.0686. The van der Waals surface area contributed by atoms with Crippen molar-refractivity contribution in [3.63, 3.8) is 0 Å². The van der Waals surface area contributed by atoms with Crippen molar-refractivity contribution >= 4 is 71.1 Å². The second kappa shape index (κ2) is 11.3. The third-order valence-corrected chi connectivity index (χ3v) is 2.93. The summed E-state index contributed by atoms with van der Waals surface area (Å²) in [7, 11) is 1.54. The van der Waals surface area contributed by atoms with Gasteiger partial charge in [-0.05, 0) is 23.6 Å². The van der Waals surface area contributed by atoms with Crippen LogP contribution in [0.3, 0.4) is 0 Å². The molecule has 0 saturated heterocycles. The molecular formula is C15H20Na2O5. The van der Waals surface area contributed by atoms with Crippen molar-refractivity contribution < 1.29 is 24.5 Å². The van der Waals surface area contributed by atoms with E-state index >= 15 is 0 Å². The van der Waals surface area contributed by atoms with E-state index in [1.807, 2.05) is 0 Å². The van der Waals surface area contributed by atoms with E-state index in [1.54, 1.807) is 45.2 Å². The van der Waals surface area contributed by atoms with Gasteiger partial charge in [-0.25, -0.2) is 9.59 Å². The molecule has 0 radical (unpaired) electrons. The standard InChI is InChI=1S/C15H18O5.2Na.2H/c1-9(2)13(15(18)19)12(14(16)17)8-10-4-6-11(20-3)7-5-10;;;;/h4-7,9H,8H2,1-3H3,(H,16,17)(H,18,19);;;;/b13-12-;;;;. The molecular weight excluding hydrogens is 306 g/mol. The number of benzene rings is 1. The van der Waals surface area contributed by atoms with E-state index in [4.69, 9.17) is 4.74 Å². The molecule has 7 heteroatoms. The number of rotatable bonds is 6. The van der Waals surface area contributed by atoms with Gasteiger partial charge in [0.25, 0.3) is 0 Å². The number of carboxylic acid groups (broad SMARTS) is 2. The summed E-state index contributed by atoms with van der Waals surface area (Å²) in [6.45, 7) is 3.33. The van der Waals surface area contributed by atoms with Crippen molar-refractivity contribution in [2.45, 2.75) is 20.3 Å². The molecule has 0 aliphatic rings. The Hall–Kier alpha value is -0.300. The molecule has 1 aromatic carbocycles. The summed E-state index contributed by atoms with van der Waals surface area (Å²) >= 11 is 0. The molecule has 0 bridgehead atoms. The van der Waals surface area contributed by atoms with E-state index in [9.17, 15) is 19.8 Å². The third-order valence-electron chi connectivity index (χ3n) is 2.93. The Bertz CT molecular complexity index is 535. The zero-order chi connectivity index (χ0) is 15.3. The normalized spacial score (nSPS) is 10.9.